The fourth-order valence-corrected chi connectivity index (χ4v) is 3.33. The molecule has 1 rings (SSSR count). The zero-order chi connectivity index (χ0) is 13.1. The lowest BCUT2D eigenvalue weighted by molar-refractivity contribution is 0.529. The zero-order valence-electron chi connectivity index (χ0n) is 10.9. The van der Waals surface area contributed by atoms with Crippen LogP contribution in [0.15, 0.2) is 11.1 Å². The number of aromatic nitrogens is 2. The van der Waals surface area contributed by atoms with Crippen LogP contribution in [0.1, 0.15) is 39.3 Å². The molecule has 0 bridgehead atoms. The second-order valence-electron chi connectivity index (χ2n) is 4.04. The first kappa shape index (κ1) is 14.2. The van der Waals surface area contributed by atoms with E-state index in [1.165, 1.54) is 6.20 Å². The van der Waals surface area contributed by atoms with E-state index in [0.29, 0.717) is 12.2 Å². The number of hydrogen-bond acceptors (Lipinski definition) is 3. The lowest BCUT2D eigenvalue weighted by Gasteiger charge is -2.14. The van der Waals surface area contributed by atoms with Crippen molar-refractivity contribution < 1.29 is 8.42 Å². The molecule has 1 aromatic heterocycles. The number of aryl methyl sites for hydroxylation is 1. The van der Waals surface area contributed by atoms with Gasteiger partial charge in [-0.2, -0.15) is 5.10 Å². The van der Waals surface area contributed by atoms with Gasteiger partial charge in [-0.1, -0.05) is 13.8 Å². The molecule has 5 nitrogen and oxygen atoms in total. The summed E-state index contributed by atoms with van der Waals surface area (Å²) in [5, 5.41) is 4.06. The maximum Gasteiger partial charge on any atom is 0.244 e. The molecule has 1 heterocycles. The molecule has 98 valence electrons. The number of nitrogens with zero attached hydrogens (tertiary/aromatic N) is 2. The average molecular weight is 259 g/mol. The number of rotatable bonds is 6. The topological polar surface area (TPSA) is 64.0 Å². The van der Waals surface area contributed by atoms with E-state index in [2.05, 4.69) is 9.82 Å². The Kier molecular flexibility index (Phi) is 4.70. The van der Waals surface area contributed by atoms with E-state index in [9.17, 15) is 8.42 Å². The van der Waals surface area contributed by atoms with Crippen LogP contribution in [0.3, 0.4) is 0 Å². The fourth-order valence-electron chi connectivity index (χ4n) is 1.75. The van der Waals surface area contributed by atoms with E-state index in [4.69, 9.17) is 0 Å². The van der Waals surface area contributed by atoms with Gasteiger partial charge >= 0.3 is 0 Å². The number of hydrogen-bond donors (Lipinski definition) is 1. The predicted molar refractivity (Wildman–Crippen MR) is 67.3 cm³/mol. The number of nitrogens with one attached hydrogen (secondary N) is 1. The normalized spacial score (nSPS) is 12.3. The van der Waals surface area contributed by atoms with Gasteiger partial charge in [-0.15, -0.1) is 0 Å². The highest BCUT2D eigenvalue weighted by atomic mass is 32.2. The Morgan fingerprint density at radius 2 is 1.94 bits per heavy atom. The highest BCUT2D eigenvalue weighted by Crippen LogP contribution is 2.15. The Morgan fingerprint density at radius 1 is 1.35 bits per heavy atom. The van der Waals surface area contributed by atoms with Gasteiger partial charge in [0.15, 0.2) is 0 Å². The first-order valence-electron chi connectivity index (χ1n) is 6.00. The van der Waals surface area contributed by atoms with E-state index < -0.39 is 10.0 Å². The summed E-state index contributed by atoms with van der Waals surface area (Å²) in [6.45, 7) is 8.33. The van der Waals surface area contributed by atoms with Crippen LogP contribution in [0.4, 0.5) is 0 Å². The van der Waals surface area contributed by atoms with E-state index in [-0.39, 0.29) is 10.9 Å². The van der Waals surface area contributed by atoms with E-state index in [1.54, 1.807) is 11.6 Å². The Balaban J connectivity index is 3.01. The molecule has 0 aliphatic carbocycles. The minimum atomic E-state index is -3.44. The molecule has 1 aromatic rings. The van der Waals surface area contributed by atoms with Gasteiger partial charge in [-0.05, 0) is 26.7 Å². The Bertz CT molecular complexity index is 461. The molecule has 6 heteroatoms. The van der Waals surface area contributed by atoms with Crippen LogP contribution >= 0.6 is 0 Å². The third kappa shape index (κ3) is 3.07. The van der Waals surface area contributed by atoms with Crippen molar-refractivity contribution in [2.75, 3.05) is 0 Å². The van der Waals surface area contributed by atoms with Crippen LogP contribution in [0.5, 0.6) is 0 Å². The van der Waals surface area contributed by atoms with Crippen molar-refractivity contribution >= 4 is 10.0 Å². The lowest BCUT2D eigenvalue weighted by atomic mass is 10.2. The van der Waals surface area contributed by atoms with Crippen LogP contribution in [-0.2, 0) is 16.6 Å². The molecule has 1 N–H and O–H groups in total. The SMILES string of the molecule is CCC(CC)NS(=O)(=O)c1cnn(CC)c1C. The second-order valence-corrected chi connectivity index (χ2v) is 5.73. The predicted octanol–water partition coefficient (Wildman–Crippen LogP) is 1.68. The lowest BCUT2D eigenvalue weighted by Crippen LogP contribution is -2.34. The molecular formula is C11H21N3O2S. The fraction of sp³-hybridized carbons (Fsp3) is 0.727. The maximum absolute atomic E-state index is 12.1. The molecule has 17 heavy (non-hydrogen) atoms. The Labute approximate surface area is 103 Å². The van der Waals surface area contributed by atoms with Crippen molar-refractivity contribution in [3.05, 3.63) is 11.9 Å². The van der Waals surface area contributed by atoms with Gasteiger partial charge in [0.1, 0.15) is 4.90 Å². The maximum atomic E-state index is 12.1. The average Bonchev–Trinajstić information content (AvgIpc) is 2.68. The second kappa shape index (κ2) is 5.64. The third-order valence-electron chi connectivity index (χ3n) is 2.95. The zero-order valence-corrected chi connectivity index (χ0v) is 11.7. The summed E-state index contributed by atoms with van der Waals surface area (Å²) in [5.41, 5.74) is 0.686. The molecule has 0 spiro atoms. The van der Waals surface area contributed by atoms with Crippen LogP contribution < -0.4 is 4.72 Å². The van der Waals surface area contributed by atoms with Crippen LogP contribution in [0.25, 0.3) is 0 Å². The quantitative estimate of drug-likeness (QED) is 0.845. The summed E-state index contributed by atoms with van der Waals surface area (Å²) in [6, 6.07) is -0.00984. The highest BCUT2D eigenvalue weighted by molar-refractivity contribution is 7.89. The number of sulfonamides is 1. The summed E-state index contributed by atoms with van der Waals surface area (Å²) in [4.78, 5) is 0.284. The molecule has 0 unspecified atom stereocenters. The molecule has 0 aromatic carbocycles. The largest absolute Gasteiger partial charge is 0.269 e. The molecule has 0 saturated carbocycles. The minimum absolute atomic E-state index is 0.00984. The van der Waals surface area contributed by atoms with Gasteiger partial charge in [0, 0.05) is 12.6 Å². The standard InChI is InChI=1S/C11H21N3O2S/c1-5-10(6-2)13-17(15,16)11-8-12-14(7-3)9(11)4/h8,10,13H,5-7H2,1-4H3. The molecule has 0 amide bonds. The Hall–Kier alpha value is -0.880. The van der Waals surface area contributed by atoms with Crippen molar-refractivity contribution in [1.29, 1.82) is 0 Å². The molecular weight excluding hydrogens is 238 g/mol. The van der Waals surface area contributed by atoms with Gasteiger partial charge in [0.2, 0.25) is 10.0 Å². The Morgan fingerprint density at radius 3 is 2.35 bits per heavy atom. The third-order valence-corrected chi connectivity index (χ3v) is 4.58. The minimum Gasteiger partial charge on any atom is -0.269 e. The van der Waals surface area contributed by atoms with Gasteiger partial charge in [-0.25, -0.2) is 13.1 Å². The summed E-state index contributed by atoms with van der Waals surface area (Å²) in [6.07, 6.45) is 3.00. The summed E-state index contributed by atoms with van der Waals surface area (Å²) < 4.78 is 28.7. The first-order valence-corrected chi connectivity index (χ1v) is 7.49. The molecule has 0 radical (unpaired) electrons. The van der Waals surface area contributed by atoms with Crippen LogP contribution in [0.2, 0.25) is 0 Å². The summed E-state index contributed by atoms with van der Waals surface area (Å²) in [5.74, 6) is 0. The molecule has 0 fully saturated rings. The highest BCUT2D eigenvalue weighted by Gasteiger charge is 2.22. The summed E-state index contributed by atoms with van der Waals surface area (Å²) in [7, 11) is -3.44. The van der Waals surface area contributed by atoms with E-state index >= 15 is 0 Å². The molecule has 0 aliphatic heterocycles. The van der Waals surface area contributed by atoms with Crippen molar-refractivity contribution in [3.63, 3.8) is 0 Å². The van der Waals surface area contributed by atoms with Crippen molar-refractivity contribution in [2.24, 2.45) is 0 Å². The van der Waals surface area contributed by atoms with Gasteiger partial charge < -0.3 is 0 Å². The molecule has 0 aliphatic rings. The molecule has 0 atom stereocenters. The smallest absolute Gasteiger partial charge is 0.244 e. The molecule has 0 saturated heterocycles. The van der Waals surface area contributed by atoms with E-state index in [0.717, 1.165) is 12.8 Å². The van der Waals surface area contributed by atoms with Crippen molar-refractivity contribution in [1.82, 2.24) is 14.5 Å². The van der Waals surface area contributed by atoms with Gasteiger partial charge in [0.05, 0.1) is 11.9 Å². The van der Waals surface area contributed by atoms with Crippen molar-refractivity contribution in [3.8, 4) is 0 Å². The van der Waals surface area contributed by atoms with Gasteiger partial charge in [0.25, 0.3) is 0 Å². The van der Waals surface area contributed by atoms with Crippen molar-refractivity contribution in [2.45, 2.75) is 58.0 Å². The first-order chi connectivity index (χ1) is 7.96. The monoisotopic (exact) mass is 259 g/mol. The van der Waals surface area contributed by atoms with E-state index in [1.807, 2.05) is 20.8 Å². The van der Waals surface area contributed by atoms with Crippen LogP contribution in [0, 0.1) is 6.92 Å². The van der Waals surface area contributed by atoms with Crippen LogP contribution in [-0.4, -0.2) is 24.2 Å². The summed E-state index contributed by atoms with van der Waals surface area (Å²) >= 11 is 0. The van der Waals surface area contributed by atoms with Gasteiger partial charge in [-0.3, -0.25) is 4.68 Å².